The van der Waals surface area contributed by atoms with Crippen LogP contribution in [0.5, 0.6) is 0 Å². The van der Waals surface area contributed by atoms with Gasteiger partial charge in [0, 0.05) is 42.8 Å². The molecule has 2 aromatic heterocycles. The summed E-state index contributed by atoms with van der Waals surface area (Å²) in [5.41, 5.74) is 11.2. The molecule has 1 spiro atoms. The van der Waals surface area contributed by atoms with Gasteiger partial charge in [0.05, 0.1) is 24.0 Å². The normalized spacial score (nSPS) is 17.8. The Morgan fingerprint density at radius 3 is 2.67 bits per heavy atom. The molecule has 10 heteroatoms. The molecule has 1 fully saturated rings. The van der Waals surface area contributed by atoms with E-state index in [2.05, 4.69) is 39.2 Å². The van der Waals surface area contributed by atoms with Crippen LogP contribution < -0.4 is 10.6 Å². The Hall–Kier alpha value is -3.40. The van der Waals surface area contributed by atoms with Crippen molar-refractivity contribution in [2.24, 2.45) is 18.2 Å². The van der Waals surface area contributed by atoms with Crippen LogP contribution in [0.4, 0.5) is 5.82 Å². The number of aromatic nitrogens is 4. The first-order valence-corrected chi connectivity index (χ1v) is 14.1. The lowest BCUT2D eigenvalue weighted by molar-refractivity contribution is 0.0593. The quantitative estimate of drug-likeness (QED) is 0.328. The fourth-order valence-electron chi connectivity index (χ4n) is 5.81. The molecule has 3 heterocycles. The highest BCUT2D eigenvalue weighted by atomic mass is 35.5. The zero-order valence-electron chi connectivity index (χ0n) is 21.8. The topological polar surface area (TPSA) is 99.2 Å². The average molecular weight is 561 g/mol. The molecule has 0 radical (unpaired) electrons. The van der Waals surface area contributed by atoms with Gasteiger partial charge in [-0.3, -0.25) is 4.68 Å². The van der Waals surface area contributed by atoms with Crippen LogP contribution in [0, 0.1) is 5.41 Å². The Kier molecular flexibility index (Phi) is 6.82. The number of ether oxygens (including phenoxy) is 1. The third kappa shape index (κ3) is 4.68. The Balaban J connectivity index is 1.24. The van der Waals surface area contributed by atoms with E-state index in [1.165, 1.54) is 30.0 Å². The molecular weight excluding hydrogens is 532 g/mol. The van der Waals surface area contributed by atoms with Crippen molar-refractivity contribution in [2.75, 3.05) is 25.1 Å². The first-order chi connectivity index (χ1) is 18.9. The number of methoxy groups -OCH3 is 1. The number of rotatable bonds is 5. The van der Waals surface area contributed by atoms with E-state index in [1.807, 2.05) is 37.5 Å². The van der Waals surface area contributed by atoms with Crippen LogP contribution in [0.15, 0.2) is 70.8 Å². The number of carbonyl (C=O) groups excluding carboxylic acids is 1. The van der Waals surface area contributed by atoms with Crippen molar-refractivity contribution >= 4 is 35.1 Å². The number of piperidine rings is 1. The van der Waals surface area contributed by atoms with Gasteiger partial charge < -0.3 is 15.4 Å². The van der Waals surface area contributed by atoms with Crippen molar-refractivity contribution in [1.29, 1.82) is 0 Å². The van der Waals surface area contributed by atoms with Gasteiger partial charge in [0.15, 0.2) is 11.5 Å². The molecule has 2 aliphatic rings. The van der Waals surface area contributed by atoms with Crippen molar-refractivity contribution < 1.29 is 9.53 Å². The molecule has 1 saturated heterocycles. The van der Waals surface area contributed by atoms with E-state index in [0.29, 0.717) is 15.9 Å². The zero-order valence-corrected chi connectivity index (χ0v) is 23.4. The number of halogens is 1. The lowest BCUT2D eigenvalue weighted by atomic mass is 9.73. The maximum atomic E-state index is 12.8. The summed E-state index contributed by atoms with van der Waals surface area (Å²) in [5, 5.41) is 5.59. The number of hydrogen-bond donors (Lipinski definition) is 1. The summed E-state index contributed by atoms with van der Waals surface area (Å²) in [6.45, 7) is 1.48. The van der Waals surface area contributed by atoms with Gasteiger partial charge in [-0.15, -0.1) is 0 Å². The molecule has 0 saturated carbocycles. The van der Waals surface area contributed by atoms with E-state index in [0.717, 1.165) is 48.5 Å². The van der Waals surface area contributed by atoms with Gasteiger partial charge in [-0.25, -0.2) is 14.8 Å². The number of aryl methyl sites for hydroxylation is 1. The molecule has 2 N–H and O–H groups in total. The van der Waals surface area contributed by atoms with Crippen LogP contribution in [-0.4, -0.2) is 45.9 Å². The molecule has 6 rings (SSSR count). The summed E-state index contributed by atoms with van der Waals surface area (Å²) in [6, 6.07) is 16.2. The molecule has 2 aromatic carbocycles. The Bertz CT molecular complexity index is 1550. The van der Waals surface area contributed by atoms with Crippen molar-refractivity contribution in [3.8, 4) is 11.3 Å². The molecule has 0 amide bonds. The monoisotopic (exact) mass is 560 g/mol. The molecule has 0 unspecified atom stereocenters. The van der Waals surface area contributed by atoms with Gasteiger partial charge in [-0.05, 0) is 47.9 Å². The van der Waals surface area contributed by atoms with Crippen LogP contribution in [0.2, 0.25) is 5.02 Å². The van der Waals surface area contributed by atoms with Crippen molar-refractivity contribution in [1.82, 2.24) is 19.7 Å². The molecule has 39 heavy (non-hydrogen) atoms. The zero-order chi connectivity index (χ0) is 27.1. The van der Waals surface area contributed by atoms with E-state index in [1.54, 1.807) is 10.9 Å². The number of esters is 1. The number of carbonyl (C=O) groups is 1. The van der Waals surface area contributed by atoms with E-state index in [4.69, 9.17) is 27.1 Å². The molecular formula is C29H29ClN6O2S. The predicted octanol–water partition coefficient (Wildman–Crippen LogP) is 5.31. The molecule has 4 aromatic rings. The minimum Gasteiger partial charge on any atom is -0.464 e. The summed E-state index contributed by atoms with van der Waals surface area (Å²) < 4.78 is 6.83. The summed E-state index contributed by atoms with van der Waals surface area (Å²) >= 11 is 8.11. The Morgan fingerprint density at radius 1 is 1.15 bits per heavy atom. The molecule has 1 aliphatic carbocycles. The fourth-order valence-corrected chi connectivity index (χ4v) is 6.96. The standard InChI is InChI=1S/C29H29ClN6O2S/c1-35-13-10-21(34-35)20-8-5-9-22(24(20)30)39-23-17-32-27(25(33-23)28(37)38-2)36-14-11-29(12-15-36)16-18-6-3-4-7-19(18)26(29)31/h3-10,13,17,26H,11-12,14-16,31H2,1-2H3/t26-/m1/s1. The minimum absolute atomic E-state index is 0.0207. The summed E-state index contributed by atoms with van der Waals surface area (Å²) in [4.78, 5) is 25.1. The van der Waals surface area contributed by atoms with Gasteiger partial charge in [0.1, 0.15) is 5.03 Å². The van der Waals surface area contributed by atoms with Gasteiger partial charge in [-0.1, -0.05) is 59.8 Å². The first-order valence-electron chi connectivity index (χ1n) is 12.9. The molecule has 1 aliphatic heterocycles. The summed E-state index contributed by atoms with van der Waals surface area (Å²) in [5.74, 6) is 0.0250. The second kappa shape index (κ2) is 10.3. The number of benzene rings is 2. The lowest BCUT2D eigenvalue weighted by Crippen LogP contribution is -2.45. The number of fused-ring (bicyclic) bond motifs is 1. The van der Waals surface area contributed by atoms with Crippen LogP contribution in [0.1, 0.15) is 40.5 Å². The molecule has 8 nitrogen and oxygen atoms in total. The molecule has 0 bridgehead atoms. The maximum Gasteiger partial charge on any atom is 0.360 e. The van der Waals surface area contributed by atoms with Crippen LogP contribution >= 0.6 is 23.4 Å². The van der Waals surface area contributed by atoms with Crippen molar-refractivity contribution in [2.45, 2.75) is 35.2 Å². The van der Waals surface area contributed by atoms with E-state index in [-0.39, 0.29) is 17.2 Å². The van der Waals surface area contributed by atoms with E-state index in [9.17, 15) is 4.79 Å². The summed E-state index contributed by atoms with van der Waals surface area (Å²) in [7, 11) is 3.23. The largest absolute Gasteiger partial charge is 0.464 e. The Morgan fingerprint density at radius 2 is 1.95 bits per heavy atom. The number of anilines is 1. The molecule has 1 atom stereocenters. The van der Waals surface area contributed by atoms with Crippen LogP contribution in [-0.2, 0) is 18.2 Å². The fraction of sp³-hybridized carbons (Fsp3) is 0.310. The van der Waals surface area contributed by atoms with Crippen molar-refractivity contribution in [3.05, 3.63) is 82.8 Å². The van der Waals surface area contributed by atoms with Gasteiger partial charge in [0.25, 0.3) is 0 Å². The lowest BCUT2D eigenvalue weighted by Gasteiger charge is -2.42. The molecule has 200 valence electrons. The Labute approximate surface area is 236 Å². The highest BCUT2D eigenvalue weighted by molar-refractivity contribution is 7.99. The highest BCUT2D eigenvalue weighted by Gasteiger charge is 2.46. The van der Waals surface area contributed by atoms with Crippen molar-refractivity contribution in [3.63, 3.8) is 0 Å². The smallest absolute Gasteiger partial charge is 0.360 e. The van der Waals surface area contributed by atoms with Gasteiger partial charge >= 0.3 is 5.97 Å². The van der Waals surface area contributed by atoms with E-state index >= 15 is 0 Å². The van der Waals surface area contributed by atoms with Crippen LogP contribution in [0.3, 0.4) is 0 Å². The number of nitrogens with two attached hydrogens (primary N) is 1. The van der Waals surface area contributed by atoms with Crippen LogP contribution in [0.25, 0.3) is 11.3 Å². The second-order valence-corrected chi connectivity index (χ2v) is 11.6. The summed E-state index contributed by atoms with van der Waals surface area (Å²) in [6.07, 6.45) is 6.38. The first kappa shape index (κ1) is 25.9. The highest BCUT2D eigenvalue weighted by Crippen LogP contribution is 2.51. The third-order valence-electron chi connectivity index (χ3n) is 7.93. The number of nitrogens with zero attached hydrogens (tertiary/aromatic N) is 5. The third-order valence-corrected chi connectivity index (χ3v) is 9.41. The van der Waals surface area contributed by atoms with Gasteiger partial charge in [-0.2, -0.15) is 5.10 Å². The average Bonchev–Trinajstić information content (AvgIpc) is 3.50. The number of hydrogen-bond acceptors (Lipinski definition) is 8. The van der Waals surface area contributed by atoms with E-state index < -0.39 is 5.97 Å². The SMILES string of the molecule is COC(=O)c1nc(Sc2cccc(-c3ccn(C)n3)c2Cl)cnc1N1CCC2(CC1)Cc1ccccc1[C@H]2N. The van der Waals surface area contributed by atoms with Gasteiger partial charge in [0.2, 0.25) is 0 Å². The maximum absolute atomic E-state index is 12.8. The minimum atomic E-state index is -0.515. The second-order valence-electron chi connectivity index (χ2n) is 10.2. The predicted molar refractivity (Wildman–Crippen MR) is 152 cm³/mol.